The maximum atomic E-state index is 6.20. The number of pyridine rings is 1. The zero-order chi connectivity index (χ0) is 18.6. The van der Waals surface area contributed by atoms with Gasteiger partial charge in [0.15, 0.2) is 0 Å². The molecular formula is C20H21ClN6. The van der Waals surface area contributed by atoms with Gasteiger partial charge in [-0.3, -0.25) is 0 Å². The van der Waals surface area contributed by atoms with E-state index in [4.69, 9.17) is 11.6 Å². The van der Waals surface area contributed by atoms with Gasteiger partial charge in [0.1, 0.15) is 11.6 Å². The van der Waals surface area contributed by atoms with Gasteiger partial charge in [-0.2, -0.15) is 4.98 Å². The van der Waals surface area contributed by atoms with Crippen molar-refractivity contribution < 1.29 is 0 Å². The number of nitrogens with zero attached hydrogens (tertiary/aromatic N) is 5. The van der Waals surface area contributed by atoms with E-state index in [1.165, 1.54) is 0 Å². The Hall–Kier alpha value is -2.86. The highest BCUT2D eigenvalue weighted by Gasteiger charge is 2.19. The van der Waals surface area contributed by atoms with Gasteiger partial charge >= 0.3 is 0 Å². The highest BCUT2D eigenvalue weighted by molar-refractivity contribution is 6.31. The molecule has 3 heterocycles. The number of anilines is 4. The first-order valence-corrected chi connectivity index (χ1v) is 9.34. The molecule has 0 spiro atoms. The van der Waals surface area contributed by atoms with E-state index in [0.29, 0.717) is 5.95 Å². The fraction of sp³-hybridized carbons (Fsp3) is 0.250. The second kappa shape index (κ2) is 7.80. The maximum absolute atomic E-state index is 6.20. The molecule has 0 amide bonds. The van der Waals surface area contributed by atoms with Crippen LogP contribution in [0.15, 0.2) is 54.9 Å². The third-order valence-corrected chi connectivity index (χ3v) is 5.05. The number of aryl methyl sites for hydroxylation is 1. The first-order valence-electron chi connectivity index (χ1n) is 8.96. The van der Waals surface area contributed by atoms with Gasteiger partial charge < -0.3 is 15.1 Å². The zero-order valence-electron chi connectivity index (χ0n) is 15.1. The van der Waals surface area contributed by atoms with E-state index in [-0.39, 0.29) is 0 Å². The standard InChI is InChI=1S/C20H21ClN6/c1-15-5-6-16(14-17(15)21)24-20-23-9-7-19(25-20)27-12-10-26(11-13-27)18-4-2-3-8-22-18/h2-9,14H,10-13H2,1H3,(H,23,24,25). The Labute approximate surface area is 163 Å². The van der Waals surface area contributed by atoms with E-state index < -0.39 is 0 Å². The number of hydrogen-bond donors (Lipinski definition) is 1. The van der Waals surface area contributed by atoms with Crippen molar-refractivity contribution in [3.8, 4) is 0 Å². The van der Waals surface area contributed by atoms with E-state index in [2.05, 4.69) is 36.1 Å². The molecule has 0 saturated carbocycles. The minimum absolute atomic E-state index is 0.569. The van der Waals surface area contributed by atoms with Gasteiger partial charge in [-0.05, 0) is 42.8 Å². The molecule has 3 aromatic rings. The Morgan fingerprint density at radius 2 is 1.67 bits per heavy atom. The van der Waals surface area contributed by atoms with Crippen molar-refractivity contribution >= 4 is 34.9 Å². The lowest BCUT2D eigenvalue weighted by Gasteiger charge is -2.36. The fourth-order valence-corrected chi connectivity index (χ4v) is 3.27. The Balaban J connectivity index is 1.43. The highest BCUT2D eigenvalue weighted by Crippen LogP contribution is 2.23. The molecule has 6 nitrogen and oxygen atoms in total. The molecule has 1 N–H and O–H groups in total. The third-order valence-electron chi connectivity index (χ3n) is 4.65. The van der Waals surface area contributed by atoms with E-state index in [9.17, 15) is 0 Å². The SMILES string of the molecule is Cc1ccc(Nc2nccc(N3CCN(c4ccccn4)CC3)n2)cc1Cl. The molecule has 0 atom stereocenters. The van der Waals surface area contributed by atoms with Gasteiger partial charge in [0.2, 0.25) is 5.95 Å². The highest BCUT2D eigenvalue weighted by atomic mass is 35.5. The lowest BCUT2D eigenvalue weighted by atomic mass is 10.2. The fourth-order valence-electron chi connectivity index (χ4n) is 3.09. The van der Waals surface area contributed by atoms with Crippen LogP contribution < -0.4 is 15.1 Å². The number of hydrogen-bond acceptors (Lipinski definition) is 6. The Morgan fingerprint density at radius 1 is 0.889 bits per heavy atom. The Morgan fingerprint density at radius 3 is 2.37 bits per heavy atom. The average molecular weight is 381 g/mol. The normalized spacial score (nSPS) is 14.3. The number of rotatable bonds is 4. The summed E-state index contributed by atoms with van der Waals surface area (Å²) in [5.74, 6) is 2.52. The summed E-state index contributed by atoms with van der Waals surface area (Å²) in [4.78, 5) is 18.0. The van der Waals surface area contributed by atoms with E-state index in [1.807, 2.05) is 49.5 Å². The Kier molecular flexibility index (Phi) is 5.07. The Bertz CT molecular complexity index is 909. The van der Waals surface area contributed by atoms with E-state index in [0.717, 1.165) is 54.1 Å². The summed E-state index contributed by atoms with van der Waals surface area (Å²) in [5.41, 5.74) is 1.92. The molecule has 7 heteroatoms. The molecule has 1 fully saturated rings. The van der Waals surface area contributed by atoms with Crippen LogP contribution in [0.3, 0.4) is 0 Å². The summed E-state index contributed by atoms with van der Waals surface area (Å²) in [5, 5.41) is 3.96. The van der Waals surface area contributed by atoms with E-state index >= 15 is 0 Å². The summed E-state index contributed by atoms with van der Waals surface area (Å²) < 4.78 is 0. The largest absolute Gasteiger partial charge is 0.353 e. The van der Waals surface area contributed by atoms with Gasteiger partial charge in [-0.25, -0.2) is 9.97 Å². The van der Waals surface area contributed by atoms with Gasteiger partial charge in [-0.15, -0.1) is 0 Å². The molecule has 0 unspecified atom stereocenters. The number of nitrogens with one attached hydrogen (secondary N) is 1. The topological polar surface area (TPSA) is 57.2 Å². The molecule has 1 aromatic carbocycles. The second-order valence-electron chi connectivity index (χ2n) is 6.49. The molecule has 0 bridgehead atoms. The summed E-state index contributed by atoms with van der Waals surface area (Å²) >= 11 is 6.20. The lowest BCUT2D eigenvalue weighted by Crippen LogP contribution is -2.47. The number of piperazine rings is 1. The summed E-state index contributed by atoms with van der Waals surface area (Å²) in [7, 11) is 0. The number of halogens is 1. The van der Waals surface area contributed by atoms with Crippen molar-refractivity contribution in [3.05, 3.63) is 65.4 Å². The monoisotopic (exact) mass is 380 g/mol. The second-order valence-corrected chi connectivity index (χ2v) is 6.90. The van der Waals surface area contributed by atoms with Crippen molar-refractivity contribution in [1.82, 2.24) is 15.0 Å². The minimum Gasteiger partial charge on any atom is -0.353 e. The van der Waals surface area contributed by atoms with Crippen molar-refractivity contribution in [1.29, 1.82) is 0 Å². The molecule has 4 rings (SSSR count). The van der Waals surface area contributed by atoms with Gasteiger partial charge in [-0.1, -0.05) is 23.7 Å². The van der Waals surface area contributed by atoms with Crippen LogP contribution in [0.25, 0.3) is 0 Å². The average Bonchev–Trinajstić information content (AvgIpc) is 2.72. The molecule has 0 aliphatic carbocycles. The number of aromatic nitrogens is 3. The third kappa shape index (κ3) is 4.11. The molecule has 0 radical (unpaired) electrons. The van der Waals surface area contributed by atoms with Crippen LogP contribution in [0.5, 0.6) is 0 Å². The molecular weight excluding hydrogens is 360 g/mol. The minimum atomic E-state index is 0.569. The molecule has 138 valence electrons. The van der Waals surface area contributed by atoms with Crippen molar-refractivity contribution in [3.63, 3.8) is 0 Å². The first-order chi connectivity index (χ1) is 13.2. The molecule has 1 saturated heterocycles. The van der Waals surface area contributed by atoms with Crippen LogP contribution in [0.2, 0.25) is 5.02 Å². The van der Waals surface area contributed by atoms with Crippen molar-refractivity contribution in [2.24, 2.45) is 0 Å². The number of benzene rings is 1. The maximum Gasteiger partial charge on any atom is 0.229 e. The summed E-state index contributed by atoms with van der Waals surface area (Å²) in [6.45, 7) is 5.59. The van der Waals surface area contributed by atoms with Crippen molar-refractivity contribution in [2.45, 2.75) is 6.92 Å². The van der Waals surface area contributed by atoms with E-state index in [1.54, 1.807) is 6.20 Å². The van der Waals surface area contributed by atoms with Crippen LogP contribution in [0.1, 0.15) is 5.56 Å². The van der Waals surface area contributed by atoms with Crippen LogP contribution in [0, 0.1) is 6.92 Å². The van der Waals surface area contributed by atoms with Crippen LogP contribution in [-0.4, -0.2) is 41.1 Å². The van der Waals surface area contributed by atoms with Crippen LogP contribution in [0.4, 0.5) is 23.3 Å². The van der Waals surface area contributed by atoms with Crippen LogP contribution in [-0.2, 0) is 0 Å². The molecule has 1 aliphatic rings. The lowest BCUT2D eigenvalue weighted by molar-refractivity contribution is 0.641. The van der Waals surface area contributed by atoms with Gasteiger partial charge in [0, 0.05) is 49.3 Å². The van der Waals surface area contributed by atoms with Crippen molar-refractivity contribution in [2.75, 3.05) is 41.3 Å². The first kappa shape index (κ1) is 17.5. The molecule has 2 aromatic heterocycles. The van der Waals surface area contributed by atoms with Gasteiger partial charge in [0.25, 0.3) is 0 Å². The summed E-state index contributed by atoms with van der Waals surface area (Å²) in [6.07, 6.45) is 3.62. The molecule has 27 heavy (non-hydrogen) atoms. The quantitative estimate of drug-likeness (QED) is 0.740. The smallest absolute Gasteiger partial charge is 0.229 e. The van der Waals surface area contributed by atoms with Crippen LogP contribution >= 0.6 is 11.6 Å². The summed E-state index contributed by atoms with van der Waals surface area (Å²) in [6, 6.07) is 13.8. The zero-order valence-corrected chi connectivity index (χ0v) is 15.9. The molecule has 1 aliphatic heterocycles. The predicted octanol–water partition coefficient (Wildman–Crippen LogP) is 3.90. The van der Waals surface area contributed by atoms with Gasteiger partial charge in [0.05, 0.1) is 0 Å². The predicted molar refractivity (Wildman–Crippen MR) is 110 cm³/mol.